The van der Waals surface area contributed by atoms with Gasteiger partial charge in [0.15, 0.2) is 0 Å². The second-order valence-corrected chi connectivity index (χ2v) is 6.95. The van der Waals surface area contributed by atoms with Crippen LogP contribution in [0.15, 0.2) is 0 Å². The van der Waals surface area contributed by atoms with Gasteiger partial charge in [0.25, 0.3) is 0 Å². The molecule has 0 bridgehead atoms. The Kier molecular flexibility index (Phi) is 6.54. The van der Waals surface area contributed by atoms with Crippen LogP contribution in [0.1, 0.15) is 77.6 Å². The highest BCUT2D eigenvalue weighted by Crippen LogP contribution is 2.46. The zero-order chi connectivity index (χ0) is 14.4. The first-order valence-corrected chi connectivity index (χ1v) is 8.79. The van der Waals surface area contributed by atoms with Crippen molar-refractivity contribution in [2.75, 3.05) is 7.11 Å². The van der Waals surface area contributed by atoms with Crippen molar-refractivity contribution in [3.63, 3.8) is 0 Å². The number of rotatable bonds is 7. The molecule has 2 aliphatic rings. The van der Waals surface area contributed by atoms with Crippen LogP contribution in [-0.2, 0) is 9.53 Å². The fraction of sp³-hybridized carbons (Fsp3) is 0.944. The average Bonchev–Trinajstić information content (AvgIpc) is 2.71. The molecule has 0 radical (unpaired) electrons. The normalized spacial score (nSPS) is 31.9. The number of fused-ring (bicyclic) bond motifs is 1. The highest BCUT2D eigenvalue weighted by atomic mass is 16.5. The predicted octanol–water partition coefficient (Wildman–Crippen LogP) is 4.76. The molecular formula is C18H32O2. The van der Waals surface area contributed by atoms with Crippen molar-refractivity contribution in [3.05, 3.63) is 0 Å². The smallest absolute Gasteiger partial charge is 0.133 e. The maximum Gasteiger partial charge on any atom is 0.133 e. The van der Waals surface area contributed by atoms with Crippen molar-refractivity contribution in [2.24, 2.45) is 17.8 Å². The molecule has 4 unspecified atom stereocenters. The van der Waals surface area contributed by atoms with Crippen LogP contribution in [0.4, 0.5) is 0 Å². The fourth-order valence-corrected chi connectivity index (χ4v) is 4.48. The van der Waals surface area contributed by atoms with Crippen LogP contribution in [0.3, 0.4) is 0 Å². The van der Waals surface area contributed by atoms with E-state index in [1.54, 1.807) is 0 Å². The van der Waals surface area contributed by atoms with E-state index in [1.807, 2.05) is 7.11 Å². The number of ether oxygens (including phenoxy) is 1. The van der Waals surface area contributed by atoms with Gasteiger partial charge in [-0.1, -0.05) is 26.2 Å². The lowest BCUT2D eigenvalue weighted by atomic mass is 9.83. The maximum atomic E-state index is 11.9. The molecule has 0 aromatic carbocycles. The number of methoxy groups -OCH3 is 1. The van der Waals surface area contributed by atoms with Crippen LogP contribution in [0.2, 0.25) is 0 Å². The van der Waals surface area contributed by atoms with Crippen molar-refractivity contribution >= 4 is 5.78 Å². The minimum absolute atomic E-state index is 0.450. The first-order valence-electron chi connectivity index (χ1n) is 8.79. The van der Waals surface area contributed by atoms with Gasteiger partial charge in [-0.3, -0.25) is 4.79 Å². The summed E-state index contributed by atoms with van der Waals surface area (Å²) >= 11 is 0. The van der Waals surface area contributed by atoms with Gasteiger partial charge in [0, 0.05) is 20.0 Å². The van der Waals surface area contributed by atoms with Crippen molar-refractivity contribution in [1.29, 1.82) is 0 Å². The summed E-state index contributed by atoms with van der Waals surface area (Å²) in [4.78, 5) is 11.9. The minimum Gasteiger partial charge on any atom is -0.381 e. The van der Waals surface area contributed by atoms with E-state index in [-0.39, 0.29) is 0 Å². The molecule has 2 rings (SSSR count). The number of hydrogen-bond acceptors (Lipinski definition) is 2. The van der Waals surface area contributed by atoms with Crippen LogP contribution in [0, 0.1) is 17.8 Å². The van der Waals surface area contributed by atoms with Crippen LogP contribution < -0.4 is 0 Å². The summed E-state index contributed by atoms with van der Waals surface area (Å²) in [6.45, 7) is 2.20. The first-order chi connectivity index (χ1) is 9.74. The molecule has 0 heterocycles. The van der Waals surface area contributed by atoms with Crippen molar-refractivity contribution in [2.45, 2.75) is 83.7 Å². The van der Waals surface area contributed by atoms with Crippen LogP contribution in [-0.4, -0.2) is 19.0 Å². The highest BCUT2D eigenvalue weighted by molar-refractivity contribution is 5.78. The highest BCUT2D eigenvalue weighted by Gasteiger charge is 2.37. The van der Waals surface area contributed by atoms with Gasteiger partial charge in [0.05, 0.1) is 6.10 Å². The van der Waals surface area contributed by atoms with E-state index in [0.29, 0.717) is 11.9 Å². The molecular weight excluding hydrogens is 248 g/mol. The molecule has 2 aliphatic carbocycles. The molecule has 2 heteroatoms. The Bertz CT molecular complexity index is 296. The third-order valence-corrected chi connectivity index (χ3v) is 5.75. The number of unbranched alkanes of at least 4 members (excludes halogenated alkanes) is 1. The van der Waals surface area contributed by atoms with Crippen molar-refractivity contribution in [1.82, 2.24) is 0 Å². The molecule has 2 saturated carbocycles. The quantitative estimate of drug-likeness (QED) is 0.629. The zero-order valence-electron chi connectivity index (χ0n) is 13.4. The summed E-state index contributed by atoms with van der Waals surface area (Å²) < 4.78 is 5.44. The van der Waals surface area contributed by atoms with Gasteiger partial charge in [-0.05, 0) is 56.3 Å². The lowest BCUT2D eigenvalue weighted by molar-refractivity contribution is -0.120. The van der Waals surface area contributed by atoms with Crippen LogP contribution >= 0.6 is 0 Å². The van der Waals surface area contributed by atoms with E-state index in [1.165, 1.54) is 44.9 Å². The van der Waals surface area contributed by atoms with Crippen molar-refractivity contribution in [3.8, 4) is 0 Å². The lowest BCUT2D eigenvalue weighted by Gasteiger charge is -2.22. The van der Waals surface area contributed by atoms with E-state index in [4.69, 9.17) is 4.74 Å². The first kappa shape index (κ1) is 16.0. The molecule has 0 aliphatic heterocycles. The topological polar surface area (TPSA) is 26.3 Å². The summed E-state index contributed by atoms with van der Waals surface area (Å²) in [7, 11) is 1.83. The Morgan fingerprint density at radius 1 is 1.25 bits per heavy atom. The van der Waals surface area contributed by atoms with Gasteiger partial charge >= 0.3 is 0 Å². The number of Topliss-reactive ketones (excluding diaryl/α,β-unsaturated/α-hetero) is 1. The van der Waals surface area contributed by atoms with E-state index >= 15 is 0 Å². The van der Waals surface area contributed by atoms with Crippen LogP contribution in [0.5, 0.6) is 0 Å². The third kappa shape index (κ3) is 4.31. The summed E-state index contributed by atoms with van der Waals surface area (Å²) in [5.74, 6) is 2.97. The Labute approximate surface area is 124 Å². The molecule has 2 fully saturated rings. The number of ketones is 1. The van der Waals surface area contributed by atoms with Crippen LogP contribution in [0.25, 0.3) is 0 Å². The Morgan fingerprint density at radius 2 is 2.10 bits per heavy atom. The summed E-state index contributed by atoms with van der Waals surface area (Å²) in [5, 5.41) is 0. The number of hydrogen-bond donors (Lipinski definition) is 0. The molecule has 2 nitrogen and oxygen atoms in total. The van der Waals surface area contributed by atoms with Gasteiger partial charge in [-0.2, -0.15) is 0 Å². The predicted molar refractivity (Wildman–Crippen MR) is 82.7 cm³/mol. The third-order valence-electron chi connectivity index (χ3n) is 5.75. The monoisotopic (exact) mass is 280 g/mol. The molecule has 20 heavy (non-hydrogen) atoms. The number of carbonyl (C=O) groups is 1. The second kappa shape index (κ2) is 8.17. The van der Waals surface area contributed by atoms with E-state index < -0.39 is 0 Å². The van der Waals surface area contributed by atoms with Crippen molar-refractivity contribution < 1.29 is 9.53 Å². The van der Waals surface area contributed by atoms with Gasteiger partial charge in [0.2, 0.25) is 0 Å². The molecule has 0 aromatic heterocycles. The largest absolute Gasteiger partial charge is 0.381 e. The molecule has 0 aromatic rings. The molecule has 116 valence electrons. The fourth-order valence-electron chi connectivity index (χ4n) is 4.48. The Balaban J connectivity index is 1.71. The molecule has 0 saturated heterocycles. The zero-order valence-corrected chi connectivity index (χ0v) is 13.4. The number of carbonyl (C=O) groups excluding carboxylic acids is 1. The van der Waals surface area contributed by atoms with E-state index in [9.17, 15) is 4.79 Å². The molecule has 0 spiro atoms. The summed E-state index contributed by atoms with van der Waals surface area (Å²) in [6, 6.07) is 0. The molecule has 4 atom stereocenters. The molecule has 0 amide bonds. The van der Waals surface area contributed by atoms with E-state index in [2.05, 4.69) is 6.92 Å². The second-order valence-electron chi connectivity index (χ2n) is 6.95. The summed E-state index contributed by atoms with van der Waals surface area (Å²) in [6.07, 6.45) is 13.7. The van der Waals surface area contributed by atoms with E-state index in [0.717, 1.165) is 43.4 Å². The maximum absolute atomic E-state index is 11.9. The summed E-state index contributed by atoms with van der Waals surface area (Å²) in [5.41, 5.74) is 0. The van der Waals surface area contributed by atoms with Gasteiger partial charge in [0.1, 0.15) is 5.78 Å². The lowest BCUT2D eigenvalue weighted by Crippen LogP contribution is -2.17. The molecule has 0 N–H and O–H groups in total. The standard InChI is InChI=1S/C18H32O2/c1-3-17(20-2)10-5-4-7-14-11-12-15-8-6-9-16(19)13-18(14)15/h14-15,17-18H,3-13H2,1-2H3. The van der Waals surface area contributed by atoms with Gasteiger partial charge < -0.3 is 4.74 Å². The van der Waals surface area contributed by atoms with Gasteiger partial charge in [-0.25, -0.2) is 0 Å². The minimum atomic E-state index is 0.450. The SMILES string of the molecule is CCC(CCCCC1CCC2CCCC(=O)CC12)OC. The van der Waals surface area contributed by atoms with Gasteiger partial charge in [-0.15, -0.1) is 0 Å². The average molecular weight is 280 g/mol. The Morgan fingerprint density at radius 3 is 2.85 bits per heavy atom. The Hall–Kier alpha value is -0.370.